The van der Waals surface area contributed by atoms with Gasteiger partial charge in [-0.1, -0.05) is 41.9 Å². The van der Waals surface area contributed by atoms with Crippen LogP contribution >= 0.6 is 11.6 Å². The molecule has 0 spiro atoms. The second kappa shape index (κ2) is 5.85. The summed E-state index contributed by atoms with van der Waals surface area (Å²) in [5.74, 6) is 5.23. The van der Waals surface area contributed by atoms with Gasteiger partial charge in [0.15, 0.2) is 0 Å². The van der Waals surface area contributed by atoms with Crippen molar-refractivity contribution < 1.29 is 8.81 Å². The van der Waals surface area contributed by atoms with Gasteiger partial charge in [-0.25, -0.2) is 4.39 Å². The summed E-state index contributed by atoms with van der Waals surface area (Å²) in [5, 5.41) is 1.07. The first-order valence-electron chi connectivity index (χ1n) is 6.56. The van der Waals surface area contributed by atoms with Crippen LogP contribution in [0.4, 0.5) is 4.39 Å². The highest BCUT2D eigenvalue weighted by atomic mass is 35.5. The largest absolute Gasteiger partial charge is 0.464 e. The molecule has 0 aliphatic heterocycles. The lowest BCUT2D eigenvalue weighted by Crippen LogP contribution is -2.29. The van der Waals surface area contributed by atoms with Gasteiger partial charge < -0.3 is 4.42 Å². The maximum absolute atomic E-state index is 14.0. The van der Waals surface area contributed by atoms with Crippen molar-refractivity contribution >= 4 is 22.6 Å². The van der Waals surface area contributed by atoms with Gasteiger partial charge in [0.25, 0.3) is 0 Å². The van der Waals surface area contributed by atoms with Crippen molar-refractivity contribution in [2.45, 2.75) is 12.5 Å². The summed E-state index contributed by atoms with van der Waals surface area (Å²) < 4.78 is 19.5. The summed E-state index contributed by atoms with van der Waals surface area (Å²) in [7, 11) is 0. The Bertz CT molecular complexity index is 772. The molecule has 1 unspecified atom stereocenters. The molecule has 3 N–H and O–H groups in total. The molecule has 0 bridgehead atoms. The fourth-order valence-corrected chi connectivity index (χ4v) is 2.65. The third-order valence-corrected chi connectivity index (χ3v) is 3.84. The van der Waals surface area contributed by atoms with Gasteiger partial charge in [0.1, 0.15) is 11.4 Å². The molecular formula is C16H14ClFN2O. The molecule has 0 aliphatic carbocycles. The Hall–Kier alpha value is -1.88. The van der Waals surface area contributed by atoms with Crippen molar-refractivity contribution in [1.29, 1.82) is 0 Å². The number of hydrogen-bond donors (Lipinski definition) is 2. The van der Waals surface area contributed by atoms with E-state index in [0.717, 1.165) is 16.5 Å². The van der Waals surface area contributed by atoms with Crippen LogP contribution in [-0.4, -0.2) is 0 Å². The summed E-state index contributed by atoms with van der Waals surface area (Å²) >= 11 is 5.82. The van der Waals surface area contributed by atoms with Crippen molar-refractivity contribution in [3.8, 4) is 0 Å². The van der Waals surface area contributed by atoms with E-state index < -0.39 is 5.82 Å². The normalized spacial score (nSPS) is 12.7. The van der Waals surface area contributed by atoms with Gasteiger partial charge in [-0.15, -0.1) is 0 Å². The molecule has 21 heavy (non-hydrogen) atoms. The number of hydrazine groups is 1. The SMILES string of the molecule is NNC(Cc1cccc(Cl)c1F)c1coc2ccccc12. The van der Waals surface area contributed by atoms with E-state index in [9.17, 15) is 4.39 Å². The molecule has 0 radical (unpaired) electrons. The van der Waals surface area contributed by atoms with E-state index in [0.29, 0.717) is 12.0 Å². The van der Waals surface area contributed by atoms with Crippen LogP contribution in [0.2, 0.25) is 5.02 Å². The standard InChI is InChI=1S/C16H14ClFN2O/c17-13-6-3-4-10(16(13)18)8-14(20-19)12-9-21-15-7-2-1-5-11(12)15/h1-7,9,14,20H,8,19H2. The van der Waals surface area contributed by atoms with Crippen LogP contribution in [0.5, 0.6) is 0 Å². The van der Waals surface area contributed by atoms with Crippen molar-refractivity contribution in [1.82, 2.24) is 5.43 Å². The predicted molar refractivity (Wildman–Crippen MR) is 81.4 cm³/mol. The second-order valence-electron chi connectivity index (χ2n) is 4.82. The minimum absolute atomic E-state index is 0.111. The number of para-hydroxylation sites is 1. The predicted octanol–water partition coefficient (Wildman–Crippen LogP) is 3.97. The van der Waals surface area contributed by atoms with E-state index in [-0.39, 0.29) is 11.1 Å². The molecule has 1 aromatic heterocycles. The smallest absolute Gasteiger partial charge is 0.145 e. The molecule has 3 aromatic rings. The van der Waals surface area contributed by atoms with Gasteiger partial charge in [-0.2, -0.15) is 0 Å². The minimum atomic E-state index is -0.410. The summed E-state index contributed by atoms with van der Waals surface area (Å²) in [4.78, 5) is 0. The molecular weight excluding hydrogens is 291 g/mol. The monoisotopic (exact) mass is 304 g/mol. The second-order valence-corrected chi connectivity index (χ2v) is 5.23. The first-order valence-corrected chi connectivity index (χ1v) is 6.93. The zero-order chi connectivity index (χ0) is 14.8. The van der Waals surface area contributed by atoms with E-state index in [1.54, 1.807) is 18.4 Å². The van der Waals surface area contributed by atoms with Gasteiger partial charge in [0.05, 0.1) is 17.3 Å². The highest BCUT2D eigenvalue weighted by Crippen LogP contribution is 2.29. The molecule has 0 fully saturated rings. The molecule has 5 heteroatoms. The number of nitrogens with one attached hydrogen (secondary N) is 1. The summed E-state index contributed by atoms with van der Waals surface area (Å²) in [6, 6.07) is 12.3. The van der Waals surface area contributed by atoms with Crippen LogP contribution in [-0.2, 0) is 6.42 Å². The molecule has 0 aliphatic rings. The van der Waals surface area contributed by atoms with Gasteiger partial charge in [-0.05, 0) is 24.1 Å². The molecule has 2 aromatic carbocycles. The number of rotatable bonds is 4. The van der Waals surface area contributed by atoms with Crippen molar-refractivity contribution in [2.24, 2.45) is 5.84 Å². The molecule has 0 saturated carbocycles. The fraction of sp³-hybridized carbons (Fsp3) is 0.125. The average Bonchev–Trinajstić information content (AvgIpc) is 2.93. The molecule has 1 heterocycles. The van der Waals surface area contributed by atoms with Crippen LogP contribution in [0.1, 0.15) is 17.2 Å². The van der Waals surface area contributed by atoms with Gasteiger partial charge >= 0.3 is 0 Å². The lowest BCUT2D eigenvalue weighted by atomic mass is 9.98. The fourth-order valence-electron chi connectivity index (χ4n) is 2.45. The zero-order valence-corrected chi connectivity index (χ0v) is 11.9. The Morgan fingerprint density at radius 2 is 2.00 bits per heavy atom. The Morgan fingerprint density at radius 3 is 2.81 bits per heavy atom. The Balaban J connectivity index is 1.97. The highest BCUT2D eigenvalue weighted by Gasteiger charge is 2.18. The lowest BCUT2D eigenvalue weighted by molar-refractivity contribution is 0.520. The number of halogens is 2. The first-order chi connectivity index (χ1) is 10.2. The minimum Gasteiger partial charge on any atom is -0.464 e. The molecule has 3 nitrogen and oxygen atoms in total. The topological polar surface area (TPSA) is 51.2 Å². The molecule has 0 saturated heterocycles. The Morgan fingerprint density at radius 1 is 1.19 bits per heavy atom. The molecule has 0 amide bonds. The maximum atomic E-state index is 14.0. The maximum Gasteiger partial charge on any atom is 0.145 e. The van der Waals surface area contributed by atoms with Crippen LogP contribution in [0.15, 0.2) is 53.1 Å². The van der Waals surface area contributed by atoms with E-state index in [2.05, 4.69) is 5.43 Å². The van der Waals surface area contributed by atoms with Crippen LogP contribution < -0.4 is 11.3 Å². The van der Waals surface area contributed by atoms with Crippen molar-refractivity contribution in [2.75, 3.05) is 0 Å². The van der Waals surface area contributed by atoms with Crippen LogP contribution in [0.3, 0.4) is 0 Å². The van der Waals surface area contributed by atoms with Crippen molar-refractivity contribution in [3.63, 3.8) is 0 Å². The molecule has 3 rings (SSSR count). The molecule has 1 atom stereocenters. The number of furan rings is 1. The van der Waals surface area contributed by atoms with Crippen LogP contribution in [0.25, 0.3) is 11.0 Å². The number of hydrogen-bond acceptors (Lipinski definition) is 3. The third kappa shape index (κ3) is 2.65. The highest BCUT2D eigenvalue weighted by molar-refractivity contribution is 6.30. The number of fused-ring (bicyclic) bond motifs is 1. The number of nitrogens with two attached hydrogens (primary N) is 1. The quantitative estimate of drug-likeness (QED) is 0.566. The van der Waals surface area contributed by atoms with E-state index in [1.165, 1.54) is 6.07 Å². The van der Waals surface area contributed by atoms with E-state index in [4.69, 9.17) is 21.9 Å². The lowest BCUT2D eigenvalue weighted by Gasteiger charge is -2.15. The van der Waals surface area contributed by atoms with Crippen LogP contribution in [0, 0.1) is 5.82 Å². The first kappa shape index (κ1) is 14.1. The molecule has 108 valence electrons. The van der Waals surface area contributed by atoms with Crippen molar-refractivity contribution in [3.05, 3.63) is 70.7 Å². The summed E-state index contributed by atoms with van der Waals surface area (Å²) in [6.07, 6.45) is 2.03. The summed E-state index contributed by atoms with van der Waals surface area (Å²) in [5.41, 5.74) is 4.90. The number of benzene rings is 2. The third-order valence-electron chi connectivity index (χ3n) is 3.54. The van der Waals surface area contributed by atoms with Gasteiger partial charge in [-0.3, -0.25) is 11.3 Å². The average molecular weight is 305 g/mol. The van der Waals surface area contributed by atoms with Gasteiger partial charge in [0.2, 0.25) is 0 Å². The zero-order valence-electron chi connectivity index (χ0n) is 11.1. The Kier molecular flexibility index (Phi) is 3.92. The summed E-state index contributed by atoms with van der Waals surface area (Å²) in [6.45, 7) is 0. The van der Waals surface area contributed by atoms with E-state index >= 15 is 0 Å². The van der Waals surface area contributed by atoms with E-state index in [1.807, 2.05) is 24.3 Å². The van der Waals surface area contributed by atoms with Gasteiger partial charge in [0, 0.05) is 10.9 Å². The Labute approximate surface area is 126 Å².